The highest BCUT2D eigenvalue weighted by Gasteiger charge is 2.30. The third-order valence-electron chi connectivity index (χ3n) is 2.61. The van der Waals surface area contributed by atoms with Crippen LogP contribution < -0.4 is 0 Å². The number of halogens is 1. The van der Waals surface area contributed by atoms with E-state index in [9.17, 15) is 9.90 Å². The molecule has 1 aliphatic rings. The van der Waals surface area contributed by atoms with Gasteiger partial charge in [0.05, 0.1) is 3.57 Å². The molecule has 0 aliphatic heterocycles. The second-order valence-electron chi connectivity index (χ2n) is 3.81. The number of phenols is 1. The Morgan fingerprint density at radius 1 is 1.53 bits per heavy atom. The van der Waals surface area contributed by atoms with Crippen LogP contribution in [0.2, 0.25) is 0 Å². The molecule has 1 aliphatic carbocycles. The molecular formula is C11H12INO2. The minimum absolute atomic E-state index is 0.01000. The minimum atomic E-state index is -0.01000. The van der Waals surface area contributed by atoms with Crippen molar-refractivity contribution in [3.63, 3.8) is 0 Å². The van der Waals surface area contributed by atoms with Crippen molar-refractivity contribution >= 4 is 28.5 Å². The second-order valence-corrected chi connectivity index (χ2v) is 4.98. The smallest absolute Gasteiger partial charge is 0.253 e. The predicted octanol–water partition coefficient (Wildman–Crippen LogP) is 2.23. The molecular weight excluding hydrogens is 305 g/mol. The summed E-state index contributed by atoms with van der Waals surface area (Å²) in [6.07, 6.45) is 2.19. The lowest BCUT2D eigenvalue weighted by Crippen LogP contribution is -2.28. The van der Waals surface area contributed by atoms with Crippen molar-refractivity contribution < 1.29 is 9.90 Å². The summed E-state index contributed by atoms with van der Waals surface area (Å²) in [7, 11) is 1.81. The van der Waals surface area contributed by atoms with E-state index in [2.05, 4.69) is 0 Å². The van der Waals surface area contributed by atoms with Gasteiger partial charge in [-0.15, -0.1) is 0 Å². The van der Waals surface area contributed by atoms with Gasteiger partial charge in [0.1, 0.15) is 5.75 Å². The molecule has 0 heterocycles. The number of carbonyl (C=O) groups excluding carboxylic acids is 1. The van der Waals surface area contributed by atoms with Crippen molar-refractivity contribution in [3.8, 4) is 5.75 Å². The summed E-state index contributed by atoms with van der Waals surface area (Å²) in [6.45, 7) is 0. The summed E-state index contributed by atoms with van der Waals surface area (Å²) in [5.41, 5.74) is 0.558. The Bertz CT molecular complexity index is 402. The molecule has 4 heteroatoms. The Labute approximate surface area is 102 Å². The summed E-state index contributed by atoms with van der Waals surface area (Å²) >= 11 is 2.03. The maximum absolute atomic E-state index is 11.9. The van der Waals surface area contributed by atoms with E-state index < -0.39 is 0 Å². The molecule has 1 aromatic rings. The quantitative estimate of drug-likeness (QED) is 0.850. The summed E-state index contributed by atoms with van der Waals surface area (Å²) < 4.78 is 0.762. The third kappa shape index (κ3) is 2.25. The number of benzene rings is 1. The van der Waals surface area contributed by atoms with Crippen LogP contribution in [0.25, 0.3) is 0 Å². The highest BCUT2D eigenvalue weighted by atomic mass is 127. The van der Waals surface area contributed by atoms with Gasteiger partial charge in [-0.05, 0) is 53.6 Å². The van der Waals surface area contributed by atoms with Gasteiger partial charge >= 0.3 is 0 Å². The van der Waals surface area contributed by atoms with E-state index in [0.717, 1.165) is 16.4 Å². The van der Waals surface area contributed by atoms with Gasteiger partial charge in [-0.3, -0.25) is 4.79 Å². The second kappa shape index (κ2) is 4.00. The minimum Gasteiger partial charge on any atom is -0.507 e. The van der Waals surface area contributed by atoms with Crippen molar-refractivity contribution in [2.24, 2.45) is 0 Å². The van der Waals surface area contributed by atoms with Crippen LogP contribution in [-0.4, -0.2) is 29.0 Å². The Morgan fingerprint density at radius 3 is 2.73 bits per heavy atom. The first kappa shape index (κ1) is 10.7. The first-order valence-electron chi connectivity index (χ1n) is 4.85. The zero-order valence-electron chi connectivity index (χ0n) is 8.40. The largest absolute Gasteiger partial charge is 0.507 e. The number of hydrogen-bond donors (Lipinski definition) is 1. The summed E-state index contributed by atoms with van der Waals surface area (Å²) in [6, 6.07) is 5.44. The molecule has 0 radical (unpaired) electrons. The van der Waals surface area contributed by atoms with Gasteiger partial charge in [-0.2, -0.15) is 0 Å². The average molecular weight is 317 g/mol. The van der Waals surface area contributed by atoms with E-state index >= 15 is 0 Å². The van der Waals surface area contributed by atoms with Crippen LogP contribution in [0, 0.1) is 3.57 Å². The number of hydrogen-bond acceptors (Lipinski definition) is 2. The van der Waals surface area contributed by atoms with Crippen molar-refractivity contribution in [1.29, 1.82) is 0 Å². The van der Waals surface area contributed by atoms with Crippen LogP contribution in [0.4, 0.5) is 0 Å². The number of nitrogens with zero attached hydrogens (tertiary/aromatic N) is 1. The molecule has 0 bridgehead atoms. The van der Waals surface area contributed by atoms with Crippen molar-refractivity contribution in [2.45, 2.75) is 18.9 Å². The van der Waals surface area contributed by atoms with Gasteiger partial charge in [0.15, 0.2) is 0 Å². The number of aromatic hydroxyl groups is 1. The van der Waals surface area contributed by atoms with Crippen molar-refractivity contribution in [3.05, 3.63) is 27.3 Å². The molecule has 1 saturated carbocycles. The van der Waals surface area contributed by atoms with E-state index in [1.54, 1.807) is 17.0 Å². The van der Waals surface area contributed by atoms with Crippen LogP contribution in [0.3, 0.4) is 0 Å². The summed E-state index contributed by atoms with van der Waals surface area (Å²) in [5.74, 6) is 0.162. The molecule has 1 N–H and O–H groups in total. The summed E-state index contributed by atoms with van der Waals surface area (Å²) in [4.78, 5) is 13.7. The number of carbonyl (C=O) groups is 1. The highest BCUT2D eigenvalue weighted by Crippen LogP contribution is 2.28. The topological polar surface area (TPSA) is 40.5 Å². The van der Waals surface area contributed by atoms with Gasteiger partial charge in [0, 0.05) is 18.7 Å². The molecule has 2 rings (SSSR count). The Hall–Kier alpha value is -0.780. The zero-order chi connectivity index (χ0) is 11.0. The number of phenolic OH excluding ortho intramolecular Hbond substituents is 1. The molecule has 80 valence electrons. The highest BCUT2D eigenvalue weighted by molar-refractivity contribution is 14.1. The Morgan fingerprint density at radius 2 is 2.20 bits per heavy atom. The molecule has 0 unspecified atom stereocenters. The molecule has 15 heavy (non-hydrogen) atoms. The fourth-order valence-corrected chi connectivity index (χ4v) is 1.81. The maximum Gasteiger partial charge on any atom is 0.253 e. The lowest BCUT2D eigenvalue weighted by molar-refractivity contribution is 0.0784. The van der Waals surface area contributed by atoms with Gasteiger partial charge < -0.3 is 10.0 Å². The fourth-order valence-electron chi connectivity index (χ4n) is 1.48. The van der Waals surface area contributed by atoms with E-state index in [0.29, 0.717) is 11.6 Å². The van der Waals surface area contributed by atoms with E-state index in [4.69, 9.17) is 0 Å². The lowest BCUT2D eigenvalue weighted by atomic mass is 10.2. The third-order valence-corrected chi connectivity index (χ3v) is 3.52. The molecule has 0 aromatic heterocycles. The van der Waals surface area contributed by atoms with Crippen LogP contribution in [0.1, 0.15) is 23.2 Å². The van der Waals surface area contributed by atoms with E-state index in [1.807, 2.05) is 29.6 Å². The molecule has 0 spiro atoms. The van der Waals surface area contributed by atoms with E-state index in [1.165, 1.54) is 6.07 Å². The van der Waals surface area contributed by atoms with Gasteiger partial charge in [-0.25, -0.2) is 0 Å². The van der Waals surface area contributed by atoms with Crippen molar-refractivity contribution in [1.82, 2.24) is 4.90 Å². The number of amides is 1. The molecule has 1 aromatic carbocycles. The Kier molecular flexibility index (Phi) is 2.86. The average Bonchev–Trinajstić information content (AvgIpc) is 3.03. The zero-order valence-corrected chi connectivity index (χ0v) is 10.6. The lowest BCUT2D eigenvalue weighted by Gasteiger charge is -2.16. The maximum atomic E-state index is 11.9. The van der Waals surface area contributed by atoms with Crippen LogP contribution in [0.5, 0.6) is 5.75 Å². The van der Waals surface area contributed by atoms with Gasteiger partial charge in [-0.1, -0.05) is 0 Å². The molecule has 0 atom stereocenters. The van der Waals surface area contributed by atoms with Gasteiger partial charge in [0.25, 0.3) is 5.91 Å². The van der Waals surface area contributed by atoms with Gasteiger partial charge in [0.2, 0.25) is 0 Å². The normalized spacial score (nSPS) is 15.1. The fraction of sp³-hybridized carbons (Fsp3) is 0.364. The molecule has 1 fully saturated rings. The molecule has 1 amide bonds. The number of rotatable bonds is 2. The van der Waals surface area contributed by atoms with Crippen LogP contribution in [0.15, 0.2) is 18.2 Å². The predicted molar refractivity (Wildman–Crippen MR) is 65.9 cm³/mol. The van der Waals surface area contributed by atoms with Crippen LogP contribution >= 0.6 is 22.6 Å². The first-order chi connectivity index (χ1) is 7.09. The summed E-state index contributed by atoms with van der Waals surface area (Å²) in [5, 5.41) is 9.51. The SMILES string of the molecule is CN(C(=O)c1ccc(I)c(O)c1)C1CC1. The Balaban J connectivity index is 2.21. The monoisotopic (exact) mass is 317 g/mol. The molecule has 3 nitrogen and oxygen atoms in total. The standard InChI is InChI=1S/C11H12INO2/c1-13(8-3-4-8)11(15)7-2-5-9(12)10(14)6-7/h2,5-6,8,14H,3-4H2,1H3. The van der Waals surface area contributed by atoms with Crippen LogP contribution in [-0.2, 0) is 0 Å². The van der Waals surface area contributed by atoms with E-state index in [-0.39, 0.29) is 11.7 Å². The molecule has 0 saturated heterocycles. The van der Waals surface area contributed by atoms with Crippen molar-refractivity contribution in [2.75, 3.05) is 7.05 Å². The first-order valence-corrected chi connectivity index (χ1v) is 5.93.